The number of allylic oxidation sites excluding steroid dienone is 2. The van der Waals surface area contributed by atoms with Crippen molar-refractivity contribution in [2.45, 2.75) is 32.3 Å². The molecule has 1 amide bonds. The second-order valence-electron chi connectivity index (χ2n) is 6.70. The molecule has 1 saturated heterocycles. The van der Waals surface area contributed by atoms with Crippen LogP contribution in [0.25, 0.3) is 0 Å². The summed E-state index contributed by atoms with van der Waals surface area (Å²) in [7, 11) is 0. The first-order chi connectivity index (χ1) is 12.6. The number of ether oxygens (including phenoxy) is 2. The number of nitrogens with one attached hydrogen (secondary N) is 1. The Labute approximate surface area is 154 Å². The van der Waals surface area contributed by atoms with Crippen molar-refractivity contribution in [3.8, 4) is 0 Å². The highest BCUT2D eigenvalue weighted by Gasteiger charge is 2.25. The zero-order valence-electron chi connectivity index (χ0n) is 15.1. The number of amides is 1. The summed E-state index contributed by atoms with van der Waals surface area (Å²) in [6.07, 6.45) is 5.61. The molecule has 1 fully saturated rings. The average molecular weight is 358 g/mol. The standard InChI is InChI=1S/C20H26N2O4/c1-15(26-20(24)16-5-3-2-4-6-16)19(23)21-17-7-9-18(10-8-17)22-11-13-25-14-12-22/h2-3,7-10,15-16H,4-6,11-14H2,1H3,(H,21,23)/t15-,16-/m0/s1. The van der Waals surface area contributed by atoms with Gasteiger partial charge in [-0.2, -0.15) is 0 Å². The van der Waals surface area contributed by atoms with Gasteiger partial charge in [0.05, 0.1) is 19.1 Å². The molecular weight excluding hydrogens is 332 g/mol. The van der Waals surface area contributed by atoms with Crippen molar-refractivity contribution < 1.29 is 19.1 Å². The van der Waals surface area contributed by atoms with Gasteiger partial charge in [0.25, 0.3) is 5.91 Å². The van der Waals surface area contributed by atoms with E-state index in [4.69, 9.17) is 9.47 Å². The van der Waals surface area contributed by atoms with E-state index in [9.17, 15) is 9.59 Å². The third-order valence-electron chi connectivity index (χ3n) is 4.78. The fraction of sp³-hybridized carbons (Fsp3) is 0.500. The third-order valence-corrected chi connectivity index (χ3v) is 4.78. The summed E-state index contributed by atoms with van der Waals surface area (Å²) in [6, 6.07) is 7.68. The fourth-order valence-corrected chi connectivity index (χ4v) is 3.15. The maximum absolute atomic E-state index is 12.3. The van der Waals surface area contributed by atoms with Crippen LogP contribution in [0.2, 0.25) is 0 Å². The highest BCUT2D eigenvalue weighted by molar-refractivity contribution is 5.95. The zero-order valence-corrected chi connectivity index (χ0v) is 15.1. The van der Waals surface area contributed by atoms with E-state index in [0.717, 1.165) is 44.8 Å². The van der Waals surface area contributed by atoms with Crippen LogP contribution in [0.5, 0.6) is 0 Å². The normalized spacial score (nSPS) is 21.1. The lowest BCUT2D eigenvalue weighted by atomic mass is 9.95. The van der Waals surface area contributed by atoms with Crippen molar-refractivity contribution in [1.82, 2.24) is 0 Å². The first kappa shape index (κ1) is 18.5. The lowest BCUT2D eigenvalue weighted by molar-refractivity contribution is -0.157. The van der Waals surface area contributed by atoms with Gasteiger partial charge in [-0.05, 0) is 50.5 Å². The number of benzene rings is 1. The molecule has 0 spiro atoms. The van der Waals surface area contributed by atoms with Gasteiger partial charge >= 0.3 is 5.97 Å². The SMILES string of the molecule is C[C@H](OC(=O)[C@H]1CC=CCC1)C(=O)Nc1ccc(N2CCOCC2)cc1. The maximum atomic E-state index is 12.3. The largest absolute Gasteiger partial charge is 0.452 e. The molecule has 140 valence electrons. The molecule has 3 rings (SSSR count). The Morgan fingerprint density at radius 1 is 1.19 bits per heavy atom. The maximum Gasteiger partial charge on any atom is 0.310 e. The number of anilines is 2. The molecule has 26 heavy (non-hydrogen) atoms. The smallest absolute Gasteiger partial charge is 0.310 e. The molecule has 1 aromatic rings. The summed E-state index contributed by atoms with van der Waals surface area (Å²) >= 11 is 0. The number of morpholine rings is 1. The number of carbonyl (C=O) groups excluding carboxylic acids is 2. The lowest BCUT2D eigenvalue weighted by Crippen LogP contribution is -2.36. The highest BCUT2D eigenvalue weighted by atomic mass is 16.5. The van der Waals surface area contributed by atoms with Crippen LogP contribution < -0.4 is 10.2 Å². The Bertz CT molecular complexity index is 650. The fourth-order valence-electron chi connectivity index (χ4n) is 3.15. The van der Waals surface area contributed by atoms with Crippen LogP contribution in [0, 0.1) is 5.92 Å². The molecule has 2 aliphatic rings. The monoisotopic (exact) mass is 358 g/mol. The molecule has 1 aromatic carbocycles. The topological polar surface area (TPSA) is 67.9 Å². The molecule has 0 bridgehead atoms. The van der Waals surface area contributed by atoms with Crippen LogP contribution in [0.1, 0.15) is 26.2 Å². The summed E-state index contributed by atoms with van der Waals surface area (Å²) in [5.74, 6) is -0.744. The van der Waals surface area contributed by atoms with E-state index in [0.29, 0.717) is 12.1 Å². The minimum absolute atomic E-state index is 0.136. The second kappa shape index (κ2) is 8.85. The summed E-state index contributed by atoms with van der Waals surface area (Å²) in [5.41, 5.74) is 1.80. The molecule has 6 heteroatoms. The third kappa shape index (κ3) is 4.85. The predicted molar refractivity (Wildman–Crippen MR) is 100 cm³/mol. The number of hydrogen-bond donors (Lipinski definition) is 1. The molecule has 0 saturated carbocycles. The minimum Gasteiger partial charge on any atom is -0.452 e. The number of carbonyl (C=O) groups is 2. The van der Waals surface area contributed by atoms with Crippen LogP contribution in [0.15, 0.2) is 36.4 Å². The summed E-state index contributed by atoms with van der Waals surface area (Å²) < 4.78 is 10.7. The van der Waals surface area contributed by atoms with Gasteiger partial charge < -0.3 is 19.7 Å². The average Bonchev–Trinajstić information content (AvgIpc) is 2.70. The molecule has 0 aromatic heterocycles. The van der Waals surface area contributed by atoms with Crippen LogP contribution in [-0.4, -0.2) is 44.3 Å². The van der Waals surface area contributed by atoms with Crippen molar-refractivity contribution in [3.63, 3.8) is 0 Å². The van der Waals surface area contributed by atoms with Gasteiger partial charge in [0, 0.05) is 24.5 Å². The van der Waals surface area contributed by atoms with E-state index in [-0.39, 0.29) is 17.8 Å². The minimum atomic E-state index is -0.813. The van der Waals surface area contributed by atoms with Crippen molar-refractivity contribution in [1.29, 1.82) is 0 Å². The summed E-state index contributed by atoms with van der Waals surface area (Å²) in [4.78, 5) is 26.7. The number of nitrogens with zero attached hydrogens (tertiary/aromatic N) is 1. The number of rotatable bonds is 5. The van der Waals surface area contributed by atoms with Crippen LogP contribution >= 0.6 is 0 Å². The summed E-state index contributed by atoms with van der Waals surface area (Å²) in [5, 5.41) is 2.81. The molecule has 6 nitrogen and oxygen atoms in total. The second-order valence-corrected chi connectivity index (χ2v) is 6.70. The zero-order chi connectivity index (χ0) is 18.4. The van der Waals surface area contributed by atoms with E-state index >= 15 is 0 Å². The first-order valence-electron chi connectivity index (χ1n) is 9.22. The van der Waals surface area contributed by atoms with Gasteiger partial charge in [0.1, 0.15) is 0 Å². The molecule has 1 heterocycles. The Kier molecular flexibility index (Phi) is 6.28. The van der Waals surface area contributed by atoms with E-state index < -0.39 is 6.10 Å². The molecular formula is C20H26N2O4. The van der Waals surface area contributed by atoms with Gasteiger partial charge in [-0.1, -0.05) is 12.2 Å². The quantitative estimate of drug-likeness (QED) is 0.647. The first-order valence-corrected chi connectivity index (χ1v) is 9.22. The Morgan fingerprint density at radius 2 is 1.92 bits per heavy atom. The van der Waals surface area contributed by atoms with Crippen molar-refractivity contribution in [3.05, 3.63) is 36.4 Å². The van der Waals surface area contributed by atoms with Gasteiger partial charge in [-0.25, -0.2) is 0 Å². The van der Waals surface area contributed by atoms with Crippen molar-refractivity contribution in [2.75, 3.05) is 36.5 Å². The molecule has 0 radical (unpaired) electrons. The molecule has 2 atom stereocenters. The molecule has 1 aliphatic carbocycles. The van der Waals surface area contributed by atoms with Gasteiger partial charge in [0.2, 0.25) is 0 Å². The van der Waals surface area contributed by atoms with E-state index in [1.807, 2.05) is 30.3 Å². The number of hydrogen-bond acceptors (Lipinski definition) is 5. The van der Waals surface area contributed by atoms with Crippen LogP contribution in [0.4, 0.5) is 11.4 Å². The van der Waals surface area contributed by atoms with Crippen LogP contribution in [-0.2, 0) is 19.1 Å². The lowest BCUT2D eigenvalue weighted by Gasteiger charge is -2.29. The van der Waals surface area contributed by atoms with Gasteiger partial charge in [0.15, 0.2) is 6.10 Å². The summed E-state index contributed by atoms with van der Waals surface area (Å²) in [6.45, 7) is 4.81. The van der Waals surface area contributed by atoms with Gasteiger partial charge in [-0.15, -0.1) is 0 Å². The van der Waals surface area contributed by atoms with E-state index in [1.54, 1.807) is 6.92 Å². The van der Waals surface area contributed by atoms with Crippen molar-refractivity contribution in [2.24, 2.45) is 5.92 Å². The molecule has 1 N–H and O–H groups in total. The predicted octanol–water partition coefficient (Wildman–Crippen LogP) is 2.75. The Hall–Kier alpha value is -2.34. The van der Waals surface area contributed by atoms with Gasteiger partial charge in [-0.3, -0.25) is 9.59 Å². The molecule has 1 aliphatic heterocycles. The number of esters is 1. The van der Waals surface area contributed by atoms with Crippen molar-refractivity contribution >= 4 is 23.3 Å². The van der Waals surface area contributed by atoms with E-state index in [2.05, 4.69) is 16.3 Å². The highest BCUT2D eigenvalue weighted by Crippen LogP contribution is 2.21. The van der Waals surface area contributed by atoms with Crippen LogP contribution in [0.3, 0.4) is 0 Å². The molecule has 0 unspecified atom stereocenters. The Morgan fingerprint density at radius 3 is 2.58 bits per heavy atom. The Balaban J connectivity index is 1.50. The van der Waals surface area contributed by atoms with E-state index in [1.165, 1.54) is 0 Å².